The molecule has 1 aromatic heterocycles. The Hall–Kier alpha value is -2.34. The van der Waals surface area contributed by atoms with E-state index in [9.17, 15) is 0 Å². The highest BCUT2D eigenvalue weighted by Crippen LogP contribution is 2.30. The number of nitrogens with one attached hydrogen (secondary N) is 1. The van der Waals surface area contributed by atoms with Gasteiger partial charge in [-0.05, 0) is 37.1 Å². The van der Waals surface area contributed by atoms with Gasteiger partial charge in [0, 0.05) is 30.6 Å². The summed E-state index contributed by atoms with van der Waals surface area (Å²) in [7, 11) is 1.67. The molecule has 0 fully saturated rings. The topological polar surface area (TPSA) is 61.2 Å². The molecule has 0 radical (unpaired) electrons. The van der Waals surface area contributed by atoms with Gasteiger partial charge < -0.3 is 14.8 Å². The zero-order chi connectivity index (χ0) is 16.5. The second-order valence-electron chi connectivity index (χ2n) is 6.37. The summed E-state index contributed by atoms with van der Waals surface area (Å²) in [4.78, 5) is 4.46. The lowest BCUT2D eigenvalue weighted by Crippen LogP contribution is -2.39. The second-order valence-corrected chi connectivity index (χ2v) is 6.37. The van der Waals surface area contributed by atoms with Crippen LogP contribution in [0.4, 0.5) is 0 Å². The first-order chi connectivity index (χ1) is 11.7. The van der Waals surface area contributed by atoms with Crippen LogP contribution in [0.15, 0.2) is 23.8 Å². The molecule has 1 atom stereocenters. The maximum Gasteiger partial charge on any atom is 0.147 e. The molecular weight excluding hydrogens is 304 g/mol. The molecule has 2 aromatic rings. The Balaban J connectivity index is 1.39. The maximum atomic E-state index is 5.86. The standard InChI is InChI=1S/C18H22N4O2/c1-12-20-18-6-4-15(10-22(18)21-12)19-9-13-7-14-3-5-16(23-2)8-17(14)24-11-13/h3,5,7-8,15,19H,4,6,9-11H2,1-2H3/t15-/m0/s1. The predicted octanol–water partition coefficient (Wildman–Crippen LogP) is 1.98. The molecule has 6 heteroatoms. The Kier molecular flexibility index (Phi) is 3.98. The summed E-state index contributed by atoms with van der Waals surface area (Å²) < 4.78 is 13.1. The average Bonchev–Trinajstić information content (AvgIpc) is 2.98. The number of aromatic nitrogens is 3. The van der Waals surface area contributed by atoms with Gasteiger partial charge in [-0.15, -0.1) is 0 Å². The first-order valence-corrected chi connectivity index (χ1v) is 8.35. The smallest absolute Gasteiger partial charge is 0.147 e. The number of fused-ring (bicyclic) bond motifs is 2. The number of hydrogen-bond acceptors (Lipinski definition) is 5. The number of methoxy groups -OCH3 is 1. The fourth-order valence-electron chi connectivity index (χ4n) is 3.30. The van der Waals surface area contributed by atoms with E-state index in [-0.39, 0.29) is 0 Å². The van der Waals surface area contributed by atoms with E-state index >= 15 is 0 Å². The van der Waals surface area contributed by atoms with E-state index in [0.29, 0.717) is 12.6 Å². The Bertz CT molecular complexity index is 781. The third-order valence-corrected chi connectivity index (χ3v) is 4.58. The molecule has 2 aliphatic rings. The van der Waals surface area contributed by atoms with Gasteiger partial charge >= 0.3 is 0 Å². The highest BCUT2D eigenvalue weighted by atomic mass is 16.5. The van der Waals surface area contributed by atoms with Gasteiger partial charge in [0.1, 0.15) is 29.8 Å². The van der Waals surface area contributed by atoms with Crippen LogP contribution in [0.2, 0.25) is 0 Å². The van der Waals surface area contributed by atoms with Crippen LogP contribution in [0.5, 0.6) is 11.5 Å². The third-order valence-electron chi connectivity index (χ3n) is 4.58. The summed E-state index contributed by atoms with van der Waals surface area (Å²) >= 11 is 0. The Labute approximate surface area is 141 Å². The molecule has 0 saturated carbocycles. The molecule has 0 spiro atoms. The van der Waals surface area contributed by atoms with Crippen molar-refractivity contribution in [3.63, 3.8) is 0 Å². The van der Waals surface area contributed by atoms with Gasteiger partial charge in [-0.1, -0.05) is 0 Å². The SMILES string of the molecule is COc1ccc2c(c1)OCC(CN[C@H]1CCc3nc(C)nn3C1)=C2. The molecule has 3 heterocycles. The molecule has 0 amide bonds. The van der Waals surface area contributed by atoms with E-state index < -0.39 is 0 Å². The Morgan fingerprint density at radius 1 is 1.42 bits per heavy atom. The molecule has 2 aliphatic heterocycles. The van der Waals surface area contributed by atoms with Gasteiger partial charge in [0.05, 0.1) is 13.7 Å². The molecule has 4 rings (SSSR count). The summed E-state index contributed by atoms with van der Waals surface area (Å²) in [5.74, 6) is 3.68. The van der Waals surface area contributed by atoms with Crippen molar-refractivity contribution in [2.45, 2.75) is 32.4 Å². The van der Waals surface area contributed by atoms with E-state index in [1.165, 1.54) is 5.57 Å². The van der Waals surface area contributed by atoms with Crippen LogP contribution in [0.1, 0.15) is 23.6 Å². The van der Waals surface area contributed by atoms with E-state index in [4.69, 9.17) is 9.47 Å². The molecule has 1 N–H and O–H groups in total. The van der Waals surface area contributed by atoms with Crippen molar-refractivity contribution >= 4 is 6.08 Å². The fourth-order valence-corrected chi connectivity index (χ4v) is 3.30. The van der Waals surface area contributed by atoms with Crippen LogP contribution in [0.3, 0.4) is 0 Å². The van der Waals surface area contributed by atoms with Gasteiger partial charge in [-0.25, -0.2) is 9.67 Å². The summed E-state index contributed by atoms with van der Waals surface area (Å²) in [5, 5.41) is 8.09. The van der Waals surface area contributed by atoms with Crippen molar-refractivity contribution in [2.24, 2.45) is 0 Å². The summed E-state index contributed by atoms with van der Waals surface area (Å²) in [5.41, 5.74) is 2.37. The number of ether oxygens (including phenoxy) is 2. The molecule has 24 heavy (non-hydrogen) atoms. The number of rotatable bonds is 4. The molecular formula is C18H22N4O2. The summed E-state index contributed by atoms with van der Waals surface area (Å²) in [6, 6.07) is 6.37. The van der Waals surface area contributed by atoms with E-state index in [0.717, 1.165) is 54.6 Å². The molecule has 6 nitrogen and oxygen atoms in total. The van der Waals surface area contributed by atoms with Crippen molar-refractivity contribution in [1.82, 2.24) is 20.1 Å². The minimum atomic E-state index is 0.428. The van der Waals surface area contributed by atoms with Gasteiger partial charge in [-0.2, -0.15) is 5.10 Å². The van der Waals surface area contributed by atoms with E-state index in [1.807, 2.05) is 29.8 Å². The molecule has 0 aliphatic carbocycles. The second kappa shape index (κ2) is 6.28. The number of nitrogens with zero attached hydrogens (tertiary/aromatic N) is 3. The quantitative estimate of drug-likeness (QED) is 0.931. The lowest BCUT2D eigenvalue weighted by molar-refractivity contribution is 0.327. The van der Waals surface area contributed by atoms with E-state index in [2.05, 4.69) is 21.5 Å². The first-order valence-electron chi connectivity index (χ1n) is 8.35. The molecule has 1 aromatic carbocycles. The maximum absolute atomic E-state index is 5.86. The zero-order valence-corrected chi connectivity index (χ0v) is 14.1. The number of benzene rings is 1. The zero-order valence-electron chi connectivity index (χ0n) is 14.1. The fraction of sp³-hybridized carbons (Fsp3) is 0.444. The summed E-state index contributed by atoms with van der Waals surface area (Å²) in [6.07, 6.45) is 4.29. The monoisotopic (exact) mass is 326 g/mol. The van der Waals surface area contributed by atoms with Crippen molar-refractivity contribution < 1.29 is 9.47 Å². The van der Waals surface area contributed by atoms with Crippen molar-refractivity contribution in [2.75, 3.05) is 20.3 Å². The van der Waals surface area contributed by atoms with E-state index in [1.54, 1.807) is 7.11 Å². The highest BCUT2D eigenvalue weighted by Gasteiger charge is 2.21. The van der Waals surface area contributed by atoms with Crippen molar-refractivity contribution in [1.29, 1.82) is 0 Å². The lowest BCUT2D eigenvalue weighted by Gasteiger charge is -2.25. The minimum Gasteiger partial charge on any atom is -0.497 e. The number of aryl methyl sites for hydroxylation is 2. The minimum absolute atomic E-state index is 0.428. The largest absolute Gasteiger partial charge is 0.497 e. The van der Waals surface area contributed by atoms with Crippen LogP contribution in [0, 0.1) is 6.92 Å². The molecule has 126 valence electrons. The molecule has 0 saturated heterocycles. The third kappa shape index (κ3) is 3.01. The van der Waals surface area contributed by atoms with Crippen molar-refractivity contribution in [3.05, 3.63) is 41.0 Å². The number of hydrogen-bond donors (Lipinski definition) is 1. The van der Waals surface area contributed by atoms with Crippen LogP contribution >= 0.6 is 0 Å². The van der Waals surface area contributed by atoms with Crippen LogP contribution in [-0.4, -0.2) is 41.1 Å². The van der Waals surface area contributed by atoms with Crippen LogP contribution in [-0.2, 0) is 13.0 Å². The predicted molar refractivity (Wildman–Crippen MR) is 91.3 cm³/mol. The average molecular weight is 326 g/mol. The van der Waals surface area contributed by atoms with Crippen LogP contribution in [0.25, 0.3) is 6.08 Å². The first kappa shape index (κ1) is 15.2. The van der Waals surface area contributed by atoms with Gasteiger partial charge in [0.15, 0.2) is 0 Å². The highest BCUT2D eigenvalue weighted by molar-refractivity contribution is 5.63. The Morgan fingerprint density at radius 2 is 2.33 bits per heavy atom. The Morgan fingerprint density at radius 3 is 3.21 bits per heavy atom. The molecule has 0 bridgehead atoms. The van der Waals surface area contributed by atoms with Gasteiger partial charge in [-0.3, -0.25) is 0 Å². The van der Waals surface area contributed by atoms with Gasteiger partial charge in [0.25, 0.3) is 0 Å². The van der Waals surface area contributed by atoms with Gasteiger partial charge in [0.2, 0.25) is 0 Å². The normalized spacial score (nSPS) is 19.1. The van der Waals surface area contributed by atoms with Crippen molar-refractivity contribution in [3.8, 4) is 11.5 Å². The summed E-state index contributed by atoms with van der Waals surface area (Å²) in [6.45, 7) is 4.29. The lowest BCUT2D eigenvalue weighted by atomic mass is 10.0. The molecule has 0 unspecified atom stereocenters. The van der Waals surface area contributed by atoms with Crippen LogP contribution < -0.4 is 14.8 Å².